The van der Waals surface area contributed by atoms with E-state index < -0.39 is 0 Å². The van der Waals surface area contributed by atoms with E-state index in [1.807, 2.05) is 12.1 Å². The monoisotopic (exact) mass is 490 g/mol. The van der Waals surface area contributed by atoms with Crippen LogP contribution < -0.4 is 10.6 Å². The molecule has 3 rings (SSSR count). The Hall–Kier alpha value is -2.42. The highest BCUT2D eigenvalue weighted by molar-refractivity contribution is 14.0. The van der Waals surface area contributed by atoms with E-state index in [-0.39, 0.29) is 24.0 Å². The molecule has 0 fully saturated rings. The van der Waals surface area contributed by atoms with E-state index in [0.717, 1.165) is 30.3 Å². The van der Waals surface area contributed by atoms with Gasteiger partial charge in [0.1, 0.15) is 12.7 Å². The van der Waals surface area contributed by atoms with Gasteiger partial charge in [0.2, 0.25) is 0 Å². The number of rotatable bonds is 6. The zero-order valence-corrected chi connectivity index (χ0v) is 18.8. The molecular formula is C21H27IN6. The van der Waals surface area contributed by atoms with Crippen LogP contribution in [0.3, 0.4) is 0 Å². The first-order valence-electron chi connectivity index (χ1n) is 9.18. The molecule has 0 saturated heterocycles. The van der Waals surface area contributed by atoms with E-state index in [9.17, 15) is 0 Å². The Bertz CT molecular complexity index is 888. The maximum atomic E-state index is 4.70. The summed E-state index contributed by atoms with van der Waals surface area (Å²) in [7, 11) is 0. The summed E-state index contributed by atoms with van der Waals surface area (Å²) in [6, 6.07) is 14.7. The summed E-state index contributed by atoms with van der Waals surface area (Å²) in [6.45, 7) is 8.52. The third-order valence-electron chi connectivity index (χ3n) is 4.33. The van der Waals surface area contributed by atoms with Gasteiger partial charge in [0.05, 0.1) is 12.2 Å². The fraction of sp³-hybridized carbons (Fsp3) is 0.286. The van der Waals surface area contributed by atoms with Crippen LogP contribution in [0.1, 0.15) is 29.2 Å². The molecule has 7 heteroatoms. The minimum atomic E-state index is 0. The second-order valence-electron chi connectivity index (χ2n) is 6.49. The molecule has 6 nitrogen and oxygen atoms in total. The Balaban J connectivity index is 0.00000280. The maximum absolute atomic E-state index is 4.70. The van der Waals surface area contributed by atoms with E-state index in [2.05, 4.69) is 71.8 Å². The normalized spacial score (nSPS) is 11.0. The molecule has 0 aliphatic rings. The number of guanidine groups is 1. The van der Waals surface area contributed by atoms with Crippen LogP contribution in [0, 0.1) is 13.8 Å². The zero-order valence-electron chi connectivity index (χ0n) is 16.5. The number of nitrogens with one attached hydrogen (secondary N) is 2. The van der Waals surface area contributed by atoms with Gasteiger partial charge in [-0.15, -0.1) is 24.0 Å². The molecule has 2 aromatic carbocycles. The lowest BCUT2D eigenvalue weighted by Crippen LogP contribution is -2.36. The molecule has 1 heterocycles. The van der Waals surface area contributed by atoms with Crippen molar-refractivity contribution < 1.29 is 0 Å². The van der Waals surface area contributed by atoms with Crippen LogP contribution in [-0.4, -0.2) is 27.3 Å². The van der Waals surface area contributed by atoms with Crippen molar-refractivity contribution >= 4 is 29.9 Å². The van der Waals surface area contributed by atoms with E-state index in [1.54, 1.807) is 11.0 Å². The van der Waals surface area contributed by atoms with Crippen molar-refractivity contribution in [2.75, 3.05) is 6.54 Å². The largest absolute Gasteiger partial charge is 0.357 e. The molecule has 0 amide bonds. The second kappa shape index (κ2) is 10.8. The molecule has 148 valence electrons. The summed E-state index contributed by atoms with van der Waals surface area (Å²) in [4.78, 5) is 8.67. The van der Waals surface area contributed by atoms with Crippen molar-refractivity contribution in [1.82, 2.24) is 25.4 Å². The van der Waals surface area contributed by atoms with Gasteiger partial charge < -0.3 is 10.6 Å². The Labute approximate surface area is 183 Å². The lowest BCUT2D eigenvalue weighted by atomic mass is 10.1. The quantitative estimate of drug-likeness (QED) is 0.314. The fourth-order valence-corrected chi connectivity index (χ4v) is 2.83. The van der Waals surface area contributed by atoms with Crippen molar-refractivity contribution in [3.8, 4) is 5.69 Å². The van der Waals surface area contributed by atoms with Gasteiger partial charge in [0.15, 0.2) is 5.96 Å². The number of aliphatic imine (C=N–C) groups is 1. The van der Waals surface area contributed by atoms with Gasteiger partial charge in [-0.25, -0.2) is 14.7 Å². The van der Waals surface area contributed by atoms with E-state index >= 15 is 0 Å². The van der Waals surface area contributed by atoms with Crippen LogP contribution >= 0.6 is 24.0 Å². The molecule has 0 radical (unpaired) electrons. The first-order chi connectivity index (χ1) is 13.2. The Kier molecular flexibility index (Phi) is 8.43. The molecule has 28 heavy (non-hydrogen) atoms. The van der Waals surface area contributed by atoms with Gasteiger partial charge in [0.25, 0.3) is 0 Å². The minimum Gasteiger partial charge on any atom is -0.357 e. The predicted octanol–water partition coefficient (Wildman–Crippen LogP) is 3.76. The lowest BCUT2D eigenvalue weighted by Gasteiger charge is -2.13. The van der Waals surface area contributed by atoms with Crippen LogP contribution in [0.4, 0.5) is 0 Å². The van der Waals surface area contributed by atoms with Gasteiger partial charge >= 0.3 is 0 Å². The molecule has 0 atom stereocenters. The second-order valence-corrected chi connectivity index (χ2v) is 6.49. The van der Waals surface area contributed by atoms with Crippen molar-refractivity contribution in [1.29, 1.82) is 0 Å². The lowest BCUT2D eigenvalue weighted by molar-refractivity contribution is 0.812. The highest BCUT2D eigenvalue weighted by atomic mass is 127. The van der Waals surface area contributed by atoms with Gasteiger partial charge in [-0.3, -0.25) is 0 Å². The van der Waals surface area contributed by atoms with Crippen molar-refractivity contribution in [2.45, 2.75) is 33.9 Å². The highest BCUT2D eigenvalue weighted by Gasteiger charge is 2.02. The van der Waals surface area contributed by atoms with Crippen LogP contribution in [0.25, 0.3) is 5.69 Å². The summed E-state index contributed by atoms with van der Waals surface area (Å²) in [5.74, 6) is 0.817. The smallest absolute Gasteiger partial charge is 0.191 e. The number of benzene rings is 2. The zero-order chi connectivity index (χ0) is 19.1. The number of hydrogen-bond donors (Lipinski definition) is 2. The average molecular weight is 490 g/mol. The van der Waals surface area contributed by atoms with E-state index in [4.69, 9.17) is 4.99 Å². The Morgan fingerprint density at radius 2 is 1.86 bits per heavy atom. The van der Waals surface area contributed by atoms with E-state index in [1.165, 1.54) is 23.0 Å². The maximum Gasteiger partial charge on any atom is 0.191 e. The minimum absolute atomic E-state index is 0. The highest BCUT2D eigenvalue weighted by Crippen LogP contribution is 2.11. The first-order valence-corrected chi connectivity index (χ1v) is 9.18. The Morgan fingerprint density at radius 1 is 1.07 bits per heavy atom. The van der Waals surface area contributed by atoms with Crippen molar-refractivity contribution in [3.63, 3.8) is 0 Å². The standard InChI is InChI=1S/C21H26N6.HI/c1-4-23-21(25-13-19-8-5-16(2)11-17(19)3)24-12-18-6-9-20(10-7-18)27-15-22-14-26-27;/h5-11,14-15H,4,12-13H2,1-3H3,(H2,23,24,25);1H. The molecule has 3 aromatic rings. The number of aryl methyl sites for hydroxylation is 2. The summed E-state index contributed by atoms with van der Waals surface area (Å²) >= 11 is 0. The molecule has 0 spiro atoms. The molecule has 0 aliphatic carbocycles. The number of halogens is 1. The first kappa shape index (κ1) is 21.9. The number of nitrogens with zero attached hydrogens (tertiary/aromatic N) is 4. The van der Waals surface area contributed by atoms with Gasteiger partial charge in [-0.1, -0.05) is 35.9 Å². The SMILES string of the molecule is CCNC(=NCc1ccc(-n2cncn2)cc1)NCc1ccc(C)cc1C.I. The molecule has 1 aromatic heterocycles. The molecule has 0 unspecified atom stereocenters. The summed E-state index contributed by atoms with van der Waals surface area (Å²) < 4.78 is 1.74. The summed E-state index contributed by atoms with van der Waals surface area (Å²) in [5, 5.41) is 10.9. The van der Waals surface area contributed by atoms with Crippen molar-refractivity contribution in [3.05, 3.63) is 77.4 Å². The third-order valence-corrected chi connectivity index (χ3v) is 4.33. The van der Waals surface area contributed by atoms with Crippen molar-refractivity contribution in [2.24, 2.45) is 4.99 Å². The van der Waals surface area contributed by atoms with Gasteiger partial charge in [0, 0.05) is 13.1 Å². The predicted molar refractivity (Wildman–Crippen MR) is 124 cm³/mol. The van der Waals surface area contributed by atoms with Crippen LogP contribution in [0.2, 0.25) is 0 Å². The third kappa shape index (κ3) is 6.05. The van der Waals surface area contributed by atoms with Crippen LogP contribution in [0.5, 0.6) is 0 Å². The fourth-order valence-electron chi connectivity index (χ4n) is 2.83. The van der Waals surface area contributed by atoms with Gasteiger partial charge in [-0.2, -0.15) is 5.10 Å². The topological polar surface area (TPSA) is 67.1 Å². The van der Waals surface area contributed by atoms with Crippen LogP contribution in [-0.2, 0) is 13.1 Å². The number of hydrogen-bond acceptors (Lipinski definition) is 3. The number of aromatic nitrogens is 3. The molecular weight excluding hydrogens is 463 g/mol. The Morgan fingerprint density at radius 3 is 2.50 bits per heavy atom. The van der Waals surface area contributed by atoms with E-state index in [0.29, 0.717) is 6.54 Å². The molecule has 0 saturated carbocycles. The van der Waals surface area contributed by atoms with Gasteiger partial charge in [-0.05, 0) is 49.6 Å². The molecule has 2 N–H and O–H groups in total. The summed E-state index contributed by atoms with van der Waals surface area (Å²) in [6.07, 6.45) is 3.22. The molecule has 0 bridgehead atoms. The van der Waals surface area contributed by atoms with Crippen LogP contribution in [0.15, 0.2) is 60.1 Å². The molecule has 0 aliphatic heterocycles. The summed E-state index contributed by atoms with van der Waals surface area (Å²) in [5.41, 5.74) is 5.99. The average Bonchev–Trinajstić information content (AvgIpc) is 3.20.